The molecule has 0 radical (unpaired) electrons. The smallest absolute Gasteiger partial charge is 0.415 e. The first kappa shape index (κ1) is 18.8. The molecule has 1 heterocycles. The van der Waals surface area contributed by atoms with Crippen molar-refractivity contribution in [1.29, 1.82) is 5.26 Å². The first-order valence-corrected chi connectivity index (χ1v) is 9.66. The van der Waals surface area contributed by atoms with Gasteiger partial charge in [-0.25, -0.2) is 4.79 Å². The highest BCUT2D eigenvalue weighted by atomic mass is 16.6. The molecule has 0 unspecified atom stereocenters. The first-order chi connectivity index (χ1) is 14.0. The van der Waals surface area contributed by atoms with Crippen molar-refractivity contribution in [2.45, 2.75) is 31.3 Å². The molecule has 2 amide bonds. The zero-order chi connectivity index (χ0) is 20.4. The number of rotatable bonds is 3. The first-order valence-electron chi connectivity index (χ1n) is 9.66. The van der Waals surface area contributed by atoms with E-state index < -0.39 is 5.60 Å². The Morgan fingerprint density at radius 1 is 1.21 bits per heavy atom. The predicted octanol–water partition coefficient (Wildman–Crippen LogP) is 3.66. The van der Waals surface area contributed by atoms with Crippen LogP contribution in [0.25, 0.3) is 0 Å². The molecule has 4 rings (SSSR count). The third-order valence-electron chi connectivity index (χ3n) is 5.75. The van der Waals surface area contributed by atoms with Gasteiger partial charge >= 0.3 is 6.09 Å². The molecule has 0 bridgehead atoms. The maximum atomic E-state index is 12.7. The number of nitrogens with two attached hydrogens (primary N) is 1. The molecule has 1 aliphatic heterocycles. The quantitative estimate of drug-likeness (QED) is 0.778. The lowest BCUT2D eigenvalue weighted by Gasteiger charge is -2.34. The molecule has 7 nitrogen and oxygen atoms in total. The highest BCUT2D eigenvalue weighted by Gasteiger charge is 2.48. The summed E-state index contributed by atoms with van der Waals surface area (Å²) in [5.41, 5.74) is 7.52. The maximum Gasteiger partial charge on any atom is 0.415 e. The van der Waals surface area contributed by atoms with Gasteiger partial charge in [0.15, 0.2) is 0 Å². The maximum absolute atomic E-state index is 12.7. The van der Waals surface area contributed by atoms with Crippen LogP contribution in [0.4, 0.5) is 21.9 Å². The van der Waals surface area contributed by atoms with Crippen LogP contribution in [-0.4, -0.2) is 24.1 Å². The topological polar surface area (TPSA) is 108 Å². The molecule has 1 aliphatic carbocycles. The van der Waals surface area contributed by atoms with Gasteiger partial charge in [0.2, 0.25) is 5.91 Å². The number of amides is 2. The van der Waals surface area contributed by atoms with Crippen molar-refractivity contribution in [3.05, 3.63) is 54.1 Å². The average molecular weight is 390 g/mol. The number of ether oxygens (including phenoxy) is 1. The van der Waals surface area contributed by atoms with Crippen LogP contribution >= 0.6 is 0 Å². The van der Waals surface area contributed by atoms with E-state index >= 15 is 0 Å². The fourth-order valence-electron chi connectivity index (χ4n) is 4.07. The van der Waals surface area contributed by atoms with E-state index in [1.807, 2.05) is 36.4 Å². The molecule has 2 fully saturated rings. The summed E-state index contributed by atoms with van der Waals surface area (Å²) in [5.74, 6) is -0.305. The van der Waals surface area contributed by atoms with Crippen molar-refractivity contribution < 1.29 is 14.3 Å². The zero-order valence-corrected chi connectivity index (χ0v) is 15.9. The molecule has 3 N–H and O–H groups in total. The SMILES string of the molecule is N#Cc1ccc(N)c(NC(=O)[C@H]2CC[C@]3(CC2)CN(c2ccccc2)C(=O)O3)c1. The van der Waals surface area contributed by atoms with Gasteiger partial charge in [0, 0.05) is 11.6 Å². The van der Waals surface area contributed by atoms with Gasteiger partial charge in [-0.3, -0.25) is 9.69 Å². The molecule has 1 saturated heterocycles. The molecular formula is C22H22N4O3. The average Bonchev–Trinajstić information content (AvgIpc) is 3.06. The number of hydrogen-bond acceptors (Lipinski definition) is 5. The van der Waals surface area contributed by atoms with Gasteiger partial charge in [0.05, 0.1) is 29.6 Å². The lowest BCUT2D eigenvalue weighted by molar-refractivity contribution is -0.122. The van der Waals surface area contributed by atoms with Gasteiger partial charge in [-0.15, -0.1) is 0 Å². The minimum absolute atomic E-state index is 0.120. The fraction of sp³-hybridized carbons (Fsp3) is 0.318. The molecule has 2 aliphatic rings. The number of carbonyl (C=O) groups excluding carboxylic acids is 2. The van der Waals surface area contributed by atoms with Crippen molar-refractivity contribution in [3.63, 3.8) is 0 Å². The Balaban J connectivity index is 1.39. The molecule has 0 aromatic heterocycles. The number of nitrogens with zero attached hydrogens (tertiary/aromatic N) is 2. The highest BCUT2D eigenvalue weighted by molar-refractivity contribution is 5.96. The summed E-state index contributed by atoms with van der Waals surface area (Å²) < 4.78 is 5.75. The third-order valence-corrected chi connectivity index (χ3v) is 5.75. The van der Waals surface area contributed by atoms with Crippen LogP contribution in [0.2, 0.25) is 0 Å². The van der Waals surface area contributed by atoms with Crippen LogP contribution in [-0.2, 0) is 9.53 Å². The predicted molar refractivity (Wildman–Crippen MR) is 109 cm³/mol. The van der Waals surface area contributed by atoms with Gasteiger partial charge < -0.3 is 15.8 Å². The van der Waals surface area contributed by atoms with Crippen molar-refractivity contribution in [3.8, 4) is 6.07 Å². The van der Waals surface area contributed by atoms with Gasteiger partial charge in [0.25, 0.3) is 0 Å². The Kier molecular flexibility index (Phi) is 4.85. The fourth-order valence-corrected chi connectivity index (χ4v) is 4.07. The van der Waals surface area contributed by atoms with Gasteiger partial charge in [-0.2, -0.15) is 5.26 Å². The Morgan fingerprint density at radius 2 is 1.93 bits per heavy atom. The van der Waals surface area contributed by atoms with Gasteiger partial charge in [0.1, 0.15) is 5.60 Å². The van der Waals surface area contributed by atoms with Crippen LogP contribution in [0.1, 0.15) is 31.2 Å². The number of anilines is 3. The second-order valence-corrected chi connectivity index (χ2v) is 7.65. The summed E-state index contributed by atoms with van der Waals surface area (Å²) in [5, 5.41) is 11.9. The van der Waals surface area contributed by atoms with E-state index in [9.17, 15) is 9.59 Å². The van der Waals surface area contributed by atoms with Crippen LogP contribution in [0, 0.1) is 17.2 Å². The molecule has 29 heavy (non-hydrogen) atoms. The Morgan fingerprint density at radius 3 is 2.62 bits per heavy atom. The second-order valence-electron chi connectivity index (χ2n) is 7.65. The van der Waals surface area contributed by atoms with E-state index in [1.54, 1.807) is 23.1 Å². The number of nitriles is 1. The van der Waals surface area contributed by atoms with Gasteiger partial charge in [-0.1, -0.05) is 18.2 Å². The number of hydrogen-bond donors (Lipinski definition) is 2. The molecular weight excluding hydrogens is 368 g/mol. The lowest BCUT2D eigenvalue weighted by Crippen LogP contribution is -2.41. The molecule has 0 atom stereocenters. The van der Waals surface area contributed by atoms with Crippen LogP contribution in [0.5, 0.6) is 0 Å². The molecule has 7 heteroatoms. The van der Waals surface area contributed by atoms with E-state index in [2.05, 4.69) is 5.32 Å². The highest BCUT2D eigenvalue weighted by Crippen LogP contribution is 2.41. The van der Waals surface area contributed by atoms with Gasteiger partial charge in [-0.05, 0) is 56.0 Å². The molecule has 2 aromatic rings. The normalized spacial score (nSPS) is 23.5. The number of para-hydroxylation sites is 1. The largest absolute Gasteiger partial charge is 0.441 e. The lowest BCUT2D eigenvalue weighted by atomic mass is 9.78. The van der Waals surface area contributed by atoms with Crippen LogP contribution < -0.4 is 16.0 Å². The Labute approximate surface area is 169 Å². The van der Waals surface area contributed by atoms with Crippen molar-refractivity contribution in [1.82, 2.24) is 0 Å². The molecule has 148 valence electrons. The van der Waals surface area contributed by atoms with E-state index in [-0.39, 0.29) is 17.9 Å². The summed E-state index contributed by atoms with van der Waals surface area (Å²) in [6, 6.07) is 16.3. The standard InChI is InChI=1S/C22H22N4O3/c23-13-15-6-7-18(24)19(12-15)25-20(27)16-8-10-22(11-9-16)14-26(21(28)29-22)17-4-2-1-3-5-17/h1-7,12,16H,8-11,14,24H2,(H,25,27)/t16-,22-. The Bertz CT molecular complexity index is 975. The second kappa shape index (κ2) is 7.47. The summed E-state index contributed by atoms with van der Waals surface area (Å²) >= 11 is 0. The number of nitrogens with one attached hydrogen (secondary N) is 1. The van der Waals surface area contributed by atoms with E-state index in [4.69, 9.17) is 15.7 Å². The van der Waals surface area contributed by atoms with E-state index in [1.165, 1.54) is 0 Å². The number of nitrogen functional groups attached to an aromatic ring is 1. The van der Waals surface area contributed by atoms with Crippen molar-refractivity contribution >= 4 is 29.1 Å². The van der Waals surface area contributed by atoms with Crippen LogP contribution in [0.3, 0.4) is 0 Å². The summed E-state index contributed by atoms with van der Waals surface area (Å²) in [6.45, 7) is 0.501. The van der Waals surface area contributed by atoms with E-state index in [0.717, 1.165) is 5.69 Å². The monoisotopic (exact) mass is 390 g/mol. The number of carbonyl (C=O) groups is 2. The zero-order valence-electron chi connectivity index (χ0n) is 15.9. The number of benzene rings is 2. The van der Waals surface area contributed by atoms with Crippen LogP contribution in [0.15, 0.2) is 48.5 Å². The summed E-state index contributed by atoms with van der Waals surface area (Å²) in [6.07, 6.45) is 2.18. The summed E-state index contributed by atoms with van der Waals surface area (Å²) in [4.78, 5) is 26.8. The molecule has 1 saturated carbocycles. The van der Waals surface area contributed by atoms with E-state index in [0.29, 0.717) is 49.2 Å². The van der Waals surface area contributed by atoms with Crippen molar-refractivity contribution in [2.75, 3.05) is 22.5 Å². The molecule has 2 aromatic carbocycles. The molecule has 1 spiro atoms. The summed E-state index contributed by atoms with van der Waals surface area (Å²) in [7, 11) is 0. The van der Waals surface area contributed by atoms with Crippen molar-refractivity contribution in [2.24, 2.45) is 5.92 Å². The third kappa shape index (κ3) is 3.74. The minimum Gasteiger partial charge on any atom is -0.441 e. The Hall–Kier alpha value is -3.53. The minimum atomic E-state index is -0.538.